The van der Waals surface area contributed by atoms with Crippen molar-refractivity contribution in [3.8, 4) is 11.5 Å². The van der Waals surface area contributed by atoms with Crippen molar-refractivity contribution in [3.05, 3.63) is 24.3 Å². The molecule has 6 heteroatoms. The Morgan fingerprint density at radius 3 is 2.90 bits per heavy atom. The summed E-state index contributed by atoms with van der Waals surface area (Å²) in [7, 11) is 0. The van der Waals surface area contributed by atoms with E-state index in [0.717, 1.165) is 5.75 Å². The standard InChI is InChI=1S/C14H19NO5/c1-2-15(14(17)18-8-7-16)9-11-10-19-12-5-3-4-6-13(12)20-11/h3-6,11,16H,2,7-10H2,1H3. The highest BCUT2D eigenvalue weighted by molar-refractivity contribution is 5.67. The molecule has 2 rings (SSSR count). The zero-order valence-corrected chi connectivity index (χ0v) is 11.4. The van der Waals surface area contributed by atoms with Gasteiger partial charge in [0.2, 0.25) is 0 Å². The third kappa shape index (κ3) is 3.54. The summed E-state index contributed by atoms with van der Waals surface area (Å²) in [4.78, 5) is 13.3. The van der Waals surface area contributed by atoms with E-state index in [-0.39, 0.29) is 19.3 Å². The first-order valence-corrected chi connectivity index (χ1v) is 6.65. The fourth-order valence-electron chi connectivity index (χ4n) is 1.96. The molecule has 0 bridgehead atoms. The average Bonchev–Trinajstić information content (AvgIpc) is 2.50. The van der Waals surface area contributed by atoms with Crippen LogP contribution < -0.4 is 9.47 Å². The van der Waals surface area contributed by atoms with Crippen LogP contribution in [0.25, 0.3) is 0 Å². The minimum Gasteiger partial charge on any atom is -0.486 e. The number of fused-ring (bicyclic) bond motifs is 1. The second-order valence-corrected chi connectivity index (χ2v) is 4.37. The van der Waals surface area contributed by atoms with Crippen LogP contribution >= 0.6 is 0 Å². The first-order valence-electron chi connectivity index (χ1n) is 6.65. The average molecular weight is 281 g/mol. The van der Waals surface area contributed by atoms with Gasteiger partial charge in [0.25, 0.3) is 0 Å². The number of amides is 1. The van der Waals surface area contributed by atoms with Crippen molar-refractivity contribution in [2.45, 2.75) is 13.0 Å². The molecule has 0 fully saturated rings. The first-order chi connectivity index (χ1) is 9.74. The van der Waals surface area contributed by atoms with Crippen LogP contribution in [0.5, 0.6) is 11.5 Å². The molecule has 1 unspecified atom stereocenters. The lowest BCUT2D eigenvalue weighted by atomic mass is 10.2. The topological polar surface area (TPSA) is 68.2 Å². The summed E-state index contributed by atoms with van der Waals surface area (Å²) in [6.07, 6.45) is -0.685. The van der Waals surface area contributed by atoms with Gasteiger partial charge in [0.15, 0.2) is 17.6 Å². The van der Waals surface area contributed by atoms with Crippen molar-refractivity contribution in [2.75, 3.05) is 32.9 Å². The Morgan fingerprint density at radius 1 is 1.45 bits per heavy atom. The van der Waals surface area contributed by atoms with Gasteiger partial charge in [0.1, 0.15) is 13.2 Å². The molecule has 1 heterocycles. The Kier molecular flexibility index (Phi) is 5.06. The molecule has 0 radical (unpaired) electrons. The Labute approximate surface area is 117 Å². The highest BCUT2D eigenvalue weighted by Crippen LogP contribution is 2.30. The SMILES string of the molecule is CCN(CC1COc2ccccc2O1)C(=O)OCCO. The van der Waals surface area contributed by atoms with Gasteiger partial charge in [0.05, 0.1) is 13.2 Å². The first kappa shape index (κ1) is 14.5. The van der Waals surface area contributed by atoms with Gasteiger partial charge in [-0.3, -0.25) is 0 Å². The number of carbonyl (C=O) groups excluding carboxylic acids is 1. The maximum absolute atomic E-state index is 11.7. The molecule has 1 aromatic rings. The number of para-hydroxylation sites is 2. The summed E-state index contributed by atoms with van der Waals surface area (Å²) in [6.45, 7) is 2.96. The predicted octanol–water partition coefficient (Wildman–Crippen LogP) is 1.28. The molecule has 0 saturated carbocycles. The Balaban J connectivity index is 1.91. The van der Waals surface area contributed by atoms with Crippen LogP contribution in [-0.2, 0) is 4.74 Å². The summed E-state index contributed by atoms with van der Waals surface area (Å²) in [6, 6.07) is 7.44. The Morgan fingerprint density at radius 2 is 2.20 bits per heavy atom. The number of benzene rings is 1. The van der Waals surface area contributed by atoms with Crippen molar-refractivity contribution in [2.24, 2.45) is 0 Å². The number of aliphatic hydroxyl groups is 1. The summed E-state index contributed by atoms with van der Waals surface area (Å²) < 4.78 is 16.3. The Bertz CT molecular complexity index is 451. The molecule has 110 valence electrons. The molecule has 20 heavy (non-hydrogen) atoms. The normalized spacial score (nSPS) is 16.6. The lowest BCUT2D eigenvalue weighted by molar-refractivity contribution is 0.0438. The fourth-order valence-corrected chi connectivity index (χ4v) is 1.96. The van der Waals surface area contributed by atoms with Crippen LogP contribution in [0.4, 0.5) is 4.79 Å². The molecule has 0 spiro atoms. The van der Waals surface area contributed by atoms with E-state index in [4.69, 9.17) is 19.3 Å². The molecule has 6 nitrogen and oxygen atoms in total. The zero-order valence-electron chi connectivity index (χ0n) is 11.4. The number of hydrogen-bond donors (Lipinski definition) is 1. The molecule has 1 aromatic carbocycles. The molecule has 1 amide bonds. The van der Waals surface area contributed by atoms with Gasteiger partial charge in [-0.2, -0.15) is 0 Å². The molecular weight excluding hydrogens is 262 g/mol. The van der Waals surface area contributed by atoms with Gasteiger partial charge < -0.3 is 24.2 Å². The van der Waals surface area contributed by atoms with E-state index in [2.05, 4.69) is 0 Å². The third-order valence-corrected chi connectivity index (χ3v) is 2.95. The number of nitrogens with zero attached hydrogens (tertiary/aromatic N) is 1. The molecule has 1 aliphatic rings. The van der Waals surface area contributed by atoms with Gasteiger partial charge in [0, 0.05) is 6.54 Å². The Hall–Kier alpha value is -1.95. The minimum atomic E-state index is -0.455. The molecule has 1 aliphatic heterocycles. The minimum absolute atomic E-state index is 0.000189. The van der Waals surface area contributed by atoms with E-state index in [0.29, 0.717) is 25.4 Å². The van der Waals surface area contributed by atoms with Crippen molar-refractivity contribution in [1.29, 1.82) is 0 Å². The van der Waals surface area contributed by atoms with E-state index in [9.17, 15) is 4.79 Å². The van der Waals surface area contributed by atoms with E-state index in [1.807, 2.05) is 31.2 Å². The van der Waals surface area contributed by atoms with Crippen molar-refractivity contribution >= 4 is 6.09 Å². The van der Waals surface area contributed by atoms with Gasteiger partial charge in [-0.15, -0.1) is 0 Å². The second kappa shape index (κ2) is 7.00. The lowest BCUT2D eigenvalue weighted by Gasteiger charge is -2.30. The highest BCUT2D eigenvalue weighted by Gasteiger charge is 2.25. The van der Waals surface area contributed by atoms with Crippen molar-refractivity contribution in [1.82, 2.24) is 4.90 Å². The van der Waals surface area contributed by atoms with Gasteiger partial charge in [-0.05, 0) is 19.1 Å². The third-order valence-electron chi connectivity index (χ3n) is 2.95. The monoisotopic (exact) mass is 281 g/mol. The number of likely N-dealkylation sites (N-methyl/N-ethyl adjacent to an activating group) is 1. The number of aliphatic hydroxyl groups excluding tert-OH is 1. The molecule has 1 atom stereocenters. The van der Waals surface area contributed by atoms with Crippen LogP contribution in [0.2, 0.25) is 0 Å². The molecule has 0 aromatic heterocycles. The number of rotatable bonds is 5. The zero-order chi connectivity index (χ0) is 14.4. The number of carbonyl (C=O) groups is 1. The molecule has 1 N–H and O–H groups in total. The van der Waals surface area contributed by atoms with Gasteiger partial charge >= 0.3 is 6.09 Å². The van der Waals surface area contributed by atoms with Crippen LogP contribution in [-0.4, -0.2) is 55.1 Å². The maximum Gasteiger partial charge on any atom is 0.409 e. The largest absolute Gasteiger partial charge is 0.486 e. The fraction of sp³-hybridized carbons (Fsp3) is 0.500. The van der Waals surface area contributed by atoms with Gasteiger partial charge in [-0.25, -0.2) is 4.79 Å². The van der Waals surface area contributed by atoms with Crippen LogP contribution in [0, 0.1) is 0 Å². The summed E-state index contributed by atoms with van der Waals surface area (Å²) in [5.41, 5.74) is 0. The van der Waals surface area contributed by atoms with E-state index in [1.54, 1.807) is 0 Å². The van der Waals surface area contributed by atoms with Crippen LogP contribution in [0.1, 0.15) is 6.92 Å². The second-order valence-electron chi connectivity index (χ2n) is 4.37. The molecule has 0 aliphatic carbocycles. The summed E-state index contributed by atoms with van der Waals surface area (Å²) in [5, 5.41) is 8.66. The number of hydrogen-bond acceptors (Lipinski definition) is 5. The van der Waals surface area contributed by atoms with E-state index in [1.165, 1.54) is 4.90 Å². The lowest BCUT2D eigenvalue weighted by Crippen LogP contribution is -2.44. The van der Waals surface area contributed by atoms with Crippen LogP contribution in [0.3, 0.4) is 0 Å². The summed E-state index contributed by atoms with van der Waals surface area (Å²) >= 11 is 0. The van der Waals surface area contributed by atoms with Crippen molar-refractivity contribution in [3.63, 3.8) is 0 Å². The van der Waals surface area contributed by atoms with Crippen molar-refractivity contribution < 1.29 is 24.1 Å². The van der Waals surface area contributed by atoms with E-state index >= 15 is 0 Å². The molecule has 0 saturated heterocycles. The summed E-state index contributed by atoms with van der Waals surface area (Å²) in [5.74, 6) is 1.40. The van der Waals surface area contributed by atoms with Crippen LogP contribution in [0.15, 0.2) is 24.3 Å². The van der Waals surface area contributed by atoms with E-state index < -0.39 is 6.09 Å². The maximum atomic E-state index is 11.7. The smallest absolute Gasteiger partial charge is 0.409 e. The predicted molar refractivity (Wildman–Crippen MR) is 72.0 cm³/mol. The number of ether oxygens (including phenoxy) is 3. The van der Waals surface area contributed by atoms with Gasteiger partial charge in [-0.1, -0.05) is 12.1 Å². The molecular formula is C14H19NO5. The highest BCUT2D eigenvalue weighted by atomic mass is 16.6. The quantitative estimate of drug-likeness (QED) is 0.880.